The molecule has 0 bridgehead atoms. The van der Waals surface area contributed by atoms with E-state index in [1.54, 1.807) is 17.5 Å². The Morgan fingerprint density at radius 1 is 1.13 bits per heavy atom. The van der Waals surface area contributed by atoms with E-state index in [1.807, 2.05) is 18.3 Å². The normalized spacial score (nSPS) is 20.8. The molecule has 162 valence electrons. The fourth-order valence-electron chi connectivity index (χ4n) is 4.08. The summed E-state index contributed by atoms with van der Waals surface area (Å²) in [5.74, 6) is 0.571. The molecule has 0 saturated carbocycles. The highest BCUT2D eigenvalue weighted by molar-refractivity contribution is 7.91. The monoisotopic (exact) mass is 448 g/mol. The lowest BCUT2D eigenvalue weighted by atomic mass is 9.99. The Morgan fingerprint density at radius 3 is 2.67 bits per heavy atom. The fraction of sp³-hybridized carbons (Fsp3) is 0.524. The summed E-state index contributed by atoms with van der Waals surface area (Å²) in [6.07, 6.45) is 6.91. The highest BCUT2D eigenvalue weighted by atomic mass is 32.2. The van der Waals surface area contributed by atoms with Crippen LogP contribution >= 0.6 is 11.3 Å². The molecule has 2 aliphatic heterocycles. The first kappa shape index (κ1) is 21.3. The maximum Gasteiger partial charge on any atom is 0.252 e. The second-order valence-corrected chi connectivity index (χ2v) is 11.0. The lowest BCUT2D eigenvalue weighted by Gasteiger charge is -2.30. The zero-order valence-corrected chi connectivity index (χ0v) is 18.6. The number of hydrogen-bond acceptors (Lipinski definition) is 6. The van der Waals surface area contributed by atoms with Crippen LogP contribution in [0.3, 0.4) is 0 Å². The Labute approximate surface area is 182 Å². The van der Waals surface area contributed by atoms with Crippen LogP contribution in [0.5, 0.6) is 0 Å². The molecule has 2 fully saturated rings. The van der Waals surface area contributed by atoms with Gasteiger partial charge in [0.1, 0.15) is 10.0 Å². The average molecular weight is 449 g/mol. The van der Waals surface area contributed by atoms with Gasteiger partial charge in [0, 0.05) is 38.9 Å². The summed E-state index contributed by atoms with van der Waals surface area (Å²) in [4.78, 5) is 19.5. The second-order valence-electron chi connectivity index (χ2n) is 7.92. The minimum atomic E-state index is -3.51. The molecule has 0 radical (unpaired) electrons. The van der Waals surface area contributed by atoms with Gasteiger partial charge < -0.3 is 10.2 Å². The Morgan fingerprint density at radius 2 is 1.97 bits per heavy atom. The molecule has 4 rings (SSSR count). The second kappa shape index (κ2) is 9.45. The molecule has 1 amide bonds. The van der Waals surface area contributed by atoms with Crippen molar-refractivity contribution in [3.63, 3.8) is 0 Å². The van der Waals surface area contributed by atoms with Gasteiger partial charge in [-0.05, 0) is 55.2 Å². The largest absolute Gasteiger partial charge is 0.357 e. The summed E-state index contributed by atoms with van der Waals surface area (Å²) in [7, 11) is -3.51. The number of carbonyl (C=O) groups excluding carboxylic acids is 1. The molecule has 0 spiro atoms. The zero-order chi connectivity index (χ0) is 21.0. The molecule has 2 aliphatic rings. The van der Waals surface area contributed by atoms with E-state index in [1.165, 1.54) is 34.9 Å². The molecule has 1 N–H and O–H groups in total. The smallest absolute Gasteiger partial charge is 0.252 e. The first-order chi connectivity index (χ1) is 14.5. The fourth-order valence-corrected chi connectivity index (χ4v) is 6.75. The molecule has 2 aromatic heterocycles. The topological polar surface area (TPSA) is 82.6 Å². The Kier molecular flexibility index (Phi) is 6.70. The zero-order valence-electron chi connectivity index (χ0n) is 17.0. The third-order valence-corrected chi connectivity index (χ3v) is 9.04. The molecule has 0 aliphatic carbocycles. The van der Waals surface area contributed by atoms with Gasteiger partial charge in [0.05, 0.1) is 5.92 Å². The summed E-state index contributed by atoms with van der Waals surface area (Å²) >= 11 is 1.21. The Hall–Kier alpha value is -1.97. The van der Waals surface area contributed by atoms with Crippen LogP contribution < -0.4 is 10.2 Å². The van der Waals surface area contributed by atoms with Gasteiger partial charge in [-0.3, -0.25) is 4.79 Å². The number of piperidine rings is 2. The van der Waals surface area contributed by atoms with Crippen molar-refractivity contribution in [3.8, 4) is 0 Å². The number of amides is 1. The quantitative estimate of drug-likeness (QED) is 0.735. The molecular formula is C21H28N4O3S2. The maximum atomic E-state index is 12.8. The van der Waals surface area contributed by atoms with E-state index in [4.69, 9.17) is 0 Å². The third-order valence-electron chi connectivity index (χ3n) is 5.80. The molecule has 1 atom stereocenters. The van der Waals surface area contributed by atoms with Crippen LogP contribution in [0.2, 0.25) is 0 Å². The minimum absolute atomic E-state index is 0.0961. The van der Waals surface area contributed by atoms with Gasteiger partial charge >= 0.3 is 0 Å². The van der Waals surface area contributed by atoms with E-state index >= 15 is 0 Å². The van der Waals surface area contributed by atoms with E-state index in [2.05, 4.69) is 15.2 Å². The van der Waals surface area contributed by atoms with E-state index in [-0.39, 0.29) is 18.4 Å². The number of sulfonamides is 1. The highest BCUT2D eigenvalue weighted by Gasteiger charge is 2.33. The summed E-state index contributed by atoms with van der Waals surface area (Å²) in [5, 5.41) is 4.72. The Balaban J connectivity index is 1.31. The summed E-state index contributed by atoms with van der Waals surface area (Å²) < 4.78 is 27.3. The molecule has 4 heterocycles. The standard InChI is InChI=1S/C21H28N4O3S2/c26-21(18-6-4-12-25(16-18)30(27,28)20-7-5-13-29-20)23-15-17-8-9-19(22-14-17)24-10-2-1-3-11-24/h5,7-9,13-14,18H,1-4,6,10-12,15-16H2,(H,23,26). The summed E-state index contributed by atoms with van der Waals surface area (Å²) in [6, 6.07) is 7.37. The number of thiophene rings is 1. The van der Waals surface area contributed by atoms with Crippen molar-refractivity contribution in [2.45, 2.75) is 42.9 Å². The van der Waals surface area contributed by atoms with Crippen molar-refractivity contribution < 1.29 is 13.2 Å². The van der Waals surface area contributed by atoms with Gasteiger partial charge in [0.25, 0.3) is 10.0 Å². The van der Waals surface area contributed by atoms with Crippen LogP contribution in [0, 0.1) is 5.92 Å². The van der Waals surface area contributed by atoms with E-state index in [0.29, 0.717) is 30.1 Å². The number of pyridine rings is 1. The first-order valence-corrected chi connectivity index (χ1v) is 12.9. The number of nitrogens with zero attached hydrogens (tertiary/aromatic N) is 3. The van der Waals surface area contributed by atoms with Crippen LogP contribution in [-0.4, -0.2) is 49.8 Å². The van der Waals surface area contributed by atoms with Gasteiger partial charge in [-0.15, -0.1) is 11.3 Å². The van der Waals surface area contributed by atoms with Crippen LogP contribution in [0.1, 0.15) is 37.7 Å². The van der Waals surface area contributed by atoms with Gasteiger partial charge in [0.2, 0.25) is 5.91 Å². The molecule has 2 saturated heterocycles. The molecule has 1 unspecified atom stereocenters. The highest BCUT2D eigenvalue weighted by Crippen LogP contribution is 2.26. The number of carbonyl (C=O) groups is 1. The third kappa shape index (κ3) is 4.84. The number of rotatable bonds is 6. The van der Waals surface area contributed by atoms with Gasteiger partial charge in [-0.25, -0.2) is 13.4 Å². The number of anilines is 1. The number of hydrogen-bond donors (Lipinski definition) is 1. The van der Waals surface area contributed by atoms with E-state index < -0.39 is 10.0 Å². The molecule has 9 heteroatoms. The molecule has 2 aromatic rings. The number of nitrogens with one attached hydrogen (secondary N) is 1. The van der Waals surface area contributed by atoms with Crippen molar-refractivity contribution in [2.24, 2.45) is 5.92 Å². The van der Waals surface area contributed by atoms with Crippen molar-refractivity contribution in [3.05, 3.63) is 41.4 Å². The van der Waals surface area contributed by atoms with E-state index in [9.17, 15) is 13.2 Å². The predicted octanol–water partition coefficient (Wildman–Crippen LogP) is 2.85. The first-order valence-electron chi connectivity index (χ1n) is 10.6. The average Bonchev–Trinajstić information content (AvgIpc) is 3.34. The van der Waals surface area contributed by atoms with Crippen LogP contribution in [0.25, 0.3) is 0 Å². The van der Waals surface area contributed by atoms with Crippen molar-refractivity contribution in [2.75, 3.05) is 31.1 Å². The minimum Gasteiger partial charge on any atom is -0.357 e. The molecule has 0 aromatic carbocycles. The predicted molar refractivity (Wildman–Crippen MR) is 118 cm³/mol. The summed E-state index contributed by atoms with van der Waals surface area (Å²) in [5.41, 5.74) is 0.947. The van der Waals surface area contributed by atoms with Gasteiger partial charge in [-0.2, -0.15) is 4.31 Å². The number of aromatic nitrogens is 1. The SMILES string of the molecule is O=C(NCc1ccc(N2CCCCC2)nc1)C1CCCN(S(=O)(=O)c2cccs2)C1. The molecule has 7 nitrogen and oxygen atoms in total. The van der Waals surface area contributed by atoms with Crippen LogP contribution in [0.4, 0.5) is 5.82 Å². The van der Waals surface area contributed by atoms with Crippen LogP contribution in [-0.2, 0) is 21.4 Å². The van der Waals surface area contributed by atoms with Gasteiger partial charge in [-0.1, -0.05) is 12.1 Å². The van der Waals surface area contributed by atoms with E-state index in [0.717, 1.165) is 24.5 Å². The lowest BCUT2D eigenvalue weighted by molar-refractivity contribution is -0.126. The van der Waals surface area contributed by atoms with Crippen molar-refractivity contribution in [1.82, 2.24) is 14.6 Å². The van der Waals surface area contributed by atoms with Gasteiger partial charge in [0.15, 0.2) is 0 Å². The summed E-state index contributed by atoms with van der Waals surface area (Å²) in [6.45, 7) is 3.20. The Bertz CT molecular complexity index is 939. The van der Waals surface area contributed by atoms with Crippen LogP contribution in [0.15, 0.2) is 40.1 Å². The molecular weight excluding hydrogens is 420 g/mol. The van der Waals surface area contributed by atoms with Crippen molar-refractivity contribution in [1.29, 1.82) is 0 Å². The lowest BCUT2D eigenvalue weighted by Crippen LogP contribution is -2.45. The maximum absolute atomic E-state index is 12.8. The molecule has 30 heavy (non-hydrogen) atoms. The van der Waals surface area contributed by atoms with Crippen molar-refractivity contribution >= 4 is 33.1 Å².